The molecule has 0 bridgehead atoms. The smallest absolute Gasteiger partial charge is 0.321 e. The predicted molar refractivity (Wildman–Crippen MR) is 109 cm³/mol. The number of carbonyl (C=O) groups excluding carboxylic acids is 2. The summed E-state index contributed by atoms with van der Waals surface area (Å²) in [5.74, 6) is 0.213. The third-order valence-corrected chi connectivity index (χ3v) is 5.34. The summed E-state index contributed by atoms with van der Waals surface area (Å²) in [5, 5.41) is 6.49. The van der Waals surface area contributed by atoms with Crippen LogP contribution in [0.15, 0.2) is 54.6 Å². The van der Waals surface area contributed by atoms with Crippen LogP contribution in [0.25, 0.3) is 0 Å². The summed E-state index contributed by atoms with van der Waals surface area (Å²) in [5.41, 5.74) is 1.54. The monoisotopic (exact) mass is 385 g/mol. The van der Waals surface area contributed by atoms with E-state index >= 15 is 0 Å². The van der Waals surface area contributed by atoms with Crippen molar-refractivity contribution in [2.75, 3.05) is 23.7 Å². The second-order valence-electron chi connectivity index (χ2n) is 6.91. The van der Waals surface area contributed by atoms with Crippen LogP contribution in [0.5, 0.6) is 0 Å². The van der Waals surface area contributed by atoms with E-state index in [1.807, 2.05) is 37.3 Å². The minimum Gasteiger partial charge on any atom is -0.326 e. The summed E-state index contributed by atoms with van der Waals surface area (Å²) in [6, 6.07) is 16.4. The largest absolute Gasteiger partial charge is 0.326 e. The molecule has 0 saturated carbocycles. The van der Waals surface area contributed by atoms with E-state index in [2.05, 4.69) is 10.6 Å². The van der Waals surface area contributed by atoms with Crippen molar-refractivity contribution in [3.05, 3.63) is 59.6 Å². The molecule has 142 valence electrons. The van der Waals surface area contributed by atoms with Gasteiger partial charge in [0.15, 0.2) is 0 Å². The SMILES string of the molecule is C[C@H](C(=O)Nc1ccccc1)C1CCN(C(=O)Nc2ccc(Cl)cc2)CC1. The molecule has 0 unspecified atom stereocenters. The topological polar surface area (TPSA) is 61.4 Å². The molecule has 1 aliphatic rings. The number of urea groups is 1. The molecule has 1 fully saturated rings. The van der Waals surface area contributed by atoms with Gasteiger partial charge in [-0.1, -0.05) is 36.7 Å². The number of carbonyl (C=O) groups is 2. The molecule has 3 rings (SSSR count). The Balaban J connectivity index is 1.48. The second-order valence-corrected chi connectivity index (χ2v) is 7.34. The van der Waals surface area contributed by atoms with Crippen LogP contribution in [0.2, 0.25) is 5.02 Å². The van der Waals surface area contributed by atoms with Crippen LogP contribution < -0.4 is 10.6 Å². The van der Waals surface area contributed by atoms with Gasteiger partial charge in [-0.05, 0) is 55.2 Å². The Morgan fingerprint density at radius 1 is 0.963 bits per heavy atom. The summed E-state index contributed by atoms with van der Waals surface area (Å²) in [7, 11) is 0. The highest BCUT2D eigenvalue weighted by atomic mass is 35.5. The number of nitrogens with one attached hydrogen (secondary N) is 2. The zero-order chi connectivity index (χ0) is 19.2. The predicted octanol–water partition coefficient (Wildman–Crippen LogP) is 4.86. The number of nitrogens with zero attached hydrogens (tertiary/aromatic N) is 1. The van der Waals surface area contributed by atoms with Gasteiger partial charge in [0.25, 0.3) is 0 Å². The Bertz CT molecular complexity index is 772. The lowest BCUT2D eigenvalue weighted by Gasteiger charge is -2.34. The van der Waals surface area contributed by atoms with Crippen LogP contribution in [0.4, 0.5) is 16.2 Å². The van der Waals surface area contributed by atoms with Gasteiger partial charge in [0.1, 0.15) is 0 Å². The second kappa shape index (κ2) is 8.91. The Hall–Kier alpha value is -2.53. The number of amides is 3. The zero-order valence-corrected chi connectivity index (χ0v) is 16.1. The number of hydrogen-bond acceptors (Lipinski definition) is 2. The van der Waals surface area contributed by atoms with Crippen molar-refractivity contribution in [1.82, 2.24) is 4.90 Å². The Morgan fingerprint density at radius 2 is 1.56 bits per heavy atom. The number of rotatable bonds is 4. The van der Waals surface area contributed by atoms with Crippen LogP contribution in [0.1, 0.15) is 19.8 Å². The molecule has 6 heteroatoms. The summed E-state index contributed by atoms with van der Waals surface area (Å²) in [6.45, 7) is 3.26. The molecule has 5 nitrogen and oxygen atoms in total. The average molecular weight is 386 g/mol. The highest BCUT2D eigenvalue weighted by Crippen LogP contribution is 2.26. The molecule has 3 amide bonds. The van der Waals surface area contributed by atoms with Crippen molar-refractivity contribution in [1.29, 1.82) is 0 Å². The third-order valence-electron chi connectivity index (χ3n) is 5.08. The van der Waals surface area contributed by atoms with E-state index in [0.29, 0.717) is 18.1 Å². The molecule has 1 atom stereocenters. The van der Waals surface area contributed by atoms with E-state index in [4.69, 9.17) is 11.6 Å². The van der Waals surface area contributed by atoms with Crippen LogP contribution in [0, 0.1) is 11.8 Å². The van der Waals surface area contributed by atoms with Crippen molar-refractivity contribution < 1.29 is 9.59 Å². The number of piperidine rings is 1. The molecule has 2 aromatic carbocycles. The van der Waals surface area contributed by atoms with E-state index in [0.717, 1.165) is 24.2 Å². The molecule has 0 aromatic heterocycles. The van der Waals surface area contributed by atoms with Gasteiger partial charge in [0.2, 0.25) is 5.91 Å². The molecular weight excluding hydrogens is 362 g/mol. The molecule has 2 aromatic rings. The van der Waals surface area contributed by atoms with E-state index in [-0.39, 0.29) is 23.8 Å². The van der Waals surface area contributed by atoms with Gasteiger partial charge in [-0.15, -0.1) is 0 Å². The van der Waals surface area contributed by atoms with Gasteiger partial charge < -0.3 is 15.5 Å². The maximum atomic E-state index is 12.5. The summed E-state index contributed by atoms with van der Waals surface area (Å²) < 4.78 is 0. The van der Waals surface area contributed by atoms with Crippen LogP contribution in [-0.4, -0.2) is 29.9 Å². The van der Waals surface area contributed by atoms with Crippen molar-refractivity contribution in [3.8, 4) is 0 Å². The van der Waals surface area contributed by atoms with Crippen molar-refractivity contribution in [3.63, 3.8) is 0 Å². The molecule has 27 heavy (non-hydrogen) atoms. The van der Waals surface area contributed by atoms with Crippen LogP contribution >= 0.6 is 11.6 Å². The van der Waals surface area contributed by atoms with E-state index in [9.17, 15) is 9.59 Å². The van der Waals surface area contributed by atoms with Gasteiger partial charge >= 0.3 is 6.03 Å². The first-order valence-corrected chi connectivity index (χ1v) is 9.58. The minimum atomic E-state index is -0.114. The maximum absolute atomic E-state index is 12.5. The maximum Gasteiger partial charge on any atom is 0.321 e. The number of likely N-dealkylation sites (tertiary alicyclic amines) is 1. The van der Waals surface area contributed by atoms with Gasteiger partial charge in [0.05, 0.1) is 0 Å². The molecular formula is C21H24ClN3O2. The summed E-state index contributed by atoms with van der Waals surface area (Å²) in [4.78, 5) is 26.7. The first kappa shape index (κ1) is 19.2. The average Bonchev–Trinajstić information content (AvgIpc) is 2.70. The van der Waals surface area contributed by atoms with E-state index in [1.165, 1.54) is 0 Å². The standard InChI is InChI=1S/C21H24ClN3O2/c1-15(20(26)23-18-5-3-2-4-6-18)16-11-13-25(14-12-16)21(27)24-19-9-7-17(22)8-10-19/h2-10,15-16H,11-14H2,1H3,(H,23,26)(H,24,27)/t15-/m0/s1. The fourth-order valence-corrected chi connectivity index (χ4v) is 3.46. The van der Waals surface area contributed by atoms with E-state index < -0.39 is 0 Å². The number of halogens is 1. The lowest BCUT2D eigenvalue weighted by atomic mass is 9.85. The highest BCUT2D eigenvalue weighted by molar-refractivity contribution is 6.30. The van der Waals surface area contributed by atoms with Gasteiger partial charge in [-0.25, -0.2) is 4.79 Å². The first-order valence-electron chi connectivity index (χ1n) is 9.20. The van der Waals surface area contributed by atoms with Crippen LogP contribution in [-0.2, 0) is 4.79 Å². The first-order chi connectivity index (χ1) is 13.0. The van der Waals surface area contributed by atoms with Gasteiger partial charge in [-0.3, -0.25) is 4.79 Å². The van der Waals surface area contributed by atoms with Gasteiger partial charge in [0, 0.05) is 35.4 Å². The molecule has 1 heterocycles. The van der Waals surface area contributed by atoms with Crippen molar-refractivity contribution in [2.45, 2.75) is 19.8 Å². The molecule has 2 N–H and O–H groups in total. The summed E-state index contributed by atoms with van der Waals surface area (Å²) >= 11 is 5.86. The van der Waals surface area contributed by atoms with Gasteiger partial charge in [-0.2, -0.15) is 0 Å². The molecule has 1 aliphatic heterocycles. The third kappa shape index (κ3) is 5.23. The van der Waals surface area contributed by atoms with Crippen LogP contribution in [0.3, 0.4) is 0 Å². The number of hydrogen-bond donors (Lipinski definition) is 2. The van der Waals surface area contributed by atoms with Crippen molar-refractivity contribution >= 4 is 34.9 Å². The van der Waals surface area contributed by atoms with E-state index in [1.54, 1.807) is 29.2 Å². The Labute approximate surface area is 164 Å². The van der Waals surface area contributed by atoms with Crippen molar-refractivity contribution in [2.24, 2.45) is 11.8 Å². The normalized spacial score (nSPS) is 15.9. The molecule has 1 saturated heterocycles. The molecule has 0 aliphatic carbocycles. The lowest BCUT2D eigenvalue weighted by molar-refractivity contribution is -0.121. The molecule has 0 radical (unpaired) electrons. The highest BCUT2D eigenvalue weighted by Gasteiger charge is 2.29. The lowest BCUT2D eigenvalue weighted by Crippen LogP contribution is -2.43. The fraction of sp³-hybridized carbons (Fsp3) is 0.333. The zero-order valence-electron chi connectivity index (χ0n) is 15.3. The minimum absolute atomic E-state index is 0.0327. The number of para-hydroxylation sites is 1. The number of anilines is 2. The summed E-state index contributed by atoms with van der Waals surface area (Å²) in [6.07, 6.45) is 1.63. The quantitative estimate of drug-likeness (QED) is 0.789. The Morgan fingerprint density at radius 3 is 2.19 bits per heavy atom. The number of benzene rings is 2. The molecule has 0 spiro atoms. The fourth-order valence-electron chi connectivity index (χ4n) is 3.33. The Kier molecular flexibility index (Phi) is 6.35.